The molecule has 2 atom stereocenters. The van der Waals surface area contributed by atoms with Crippen molar-refractivity contribution in [3.63, 3.8) is 0 Å². The molecule has 1 aromatic heterocycles. The highest BCUT2D eigenvalue weighted by Gasteiger charge is 2.31. The summed E-state index contributed by atoms with van der Waals surface area (Å²) in [6.07, 6.45) is 5.09. The molecule has 6 nitrogen and oxygen atoms in total. The molecule has 0 bridgehead atoms. The fourth-order valence-electron chi connectivity index (χ4n) is 3.19. The summed E-state index contributed by atoms with van der Waals surface area (Å²) in [6, 6.07) is 12.3. The van der Waals surface area contributed by atoms with Crippen LogP contribution in [-0.4, -0.2) is 53.7 Å². The minimum Gasteiger partial charge on any atom is -0.453 e. The highest BCUT2D eigenvalue weighted by molar-refractivity contribution is 5.77. The molecule has 132 valence electrons. The first-order valence-electron chi connectivity index (χ1n) is 8.50. The van der Waals surface area contributed by atoms with Crippen LogP contribution in [0, 0.1) is 5.92 Å². The van der Waals surface area contributed by atoms with Crippen molar-refractivity contribution in [3.05, 3.63) is 54.4 Å². The normalized spacial score (nSPS) is 20.3. The molecule has 1 aliphatic heterocycles. The summed E-state index contributed by atoms with van der Waals surface area (Å²) in [5, 5.41) is 0. The van der Waals surface area contributed by atoms with Gasteiger partial charge < -0.3 is 14.4 Å². The number of benzene rings is 1. The average Bonchev–Trinajstić information content (AvgIpc) is 2.68. The molecule has 0 N–H and O–H groups in total. The van der Waals surface area contributed by atoms with Gasteiger partial charge in [-0.3, -0.25) is 4.79 Å². The summed E-state index contributed by atoms with van der Waals surface area (Å²) in [7, 11) is 1.71. The van der Waals surface area contributed by atoms with Crippen LogP contribution in [0.15, 0.2) is 48.8 Å². The topological polar surface area (TPSA) is 64.5 Å². The van der Waals surface area contributed by atoms with Gasteiger partial charge in [0.2, 0.25) is 0 Å². The lowest BCUT2D eigenvalue weighted by Crippen LogP contribution is -2.49. The molecule has 1 amide bonds. The highest BCUT2D eigenvalue weighted by Crippen LogP contribution is 2.24. The van der Waals surface area contributed by atoms with Crippen molar-refractivity contribution >= 4 is 5.91 Å². The van der Waals surface area contributed by atoms with E-state index in [-0.39, 0.29) is 24.6 Å². The second kappa shape index (κ2) is 8.58. The van der Waals surface area contributed by atoms with E-state index in [1.165, 1.54) is 5.56 Å². The molecule has 1 fully saturated rings. The maximum Gasteiger partial charge on any atom is 0.316 e. The van der Waals surface area contributed by atoms with E-state index < -0.39 is 0 Å². The van der Waals surface area contributed by atoms with Gasteiger partial charge in [0.05, 0.1) is 6.10 Å². The lowest BCUT2D eigenvalue weighted by atomic mass is 9.87. The lowest BCUT2D eigenvalue weighted by molar-refractivity contribution is -0.138. The third kappa shape index (κ3) is 4.76. The largest absolute Gasteiger partial charge is 0.453 e. The third-order valence-corrected chi connectivity index (χ3v) is 4.56. The Morgan fingerprint density at radius 3 is 2.68 bits per heavy atom. The van der Waals surface area contributed by atoms with Crippen molar-refractivity contribution in [2.24, 2.45) is 5.92 Å². The second-order valence-electron chi connectivity index (χ2n) is 6.17. The van der Waals surface area contributed by atoms with Crippen molar-refractivity contribution in [1.29, 1.82) is 0 Å². The molecule has 3 rings (SSSR count). The molecule has 0 radical (unpaired) electrons. The summed E-state index contributed by atoms with van der Waals surface area (Å²) >= 11 is 0. The average molecular weight is 341 g/mol. The summed E-state index contributed by atoms with van der Waals surface area (Å²) in [6.45, 7) is 1.25. The molecule has 1 aromatic carbocycles. The van der Waals surface area contributed by atoms with Gasteiger partial charge in [0.1, 0.15) is 0 Å². The van der Waals surface area contributed by atoms with Crippen LogP contribution >= 0.6 is 0 Å². The SMILES string of the molecule is CO[C@H]1CN(C(=O)COc2ncccn2)CC[C@@H]1Cc1ccccc1. The molecule has 0 spiro atoms. The maximum atomic E-state index is 12.4. The number of rotatable bonds is 6. The van der Waals surface area contributed by atoms with E-state index in [9.17, 15) is 4.79 Å². The summed E-state index contributed by atoms with van der Waals surface area (Å²) in [5.41, 5.74) is 1.30. The van der Waals surface area contributed by atoms with Crippen LogP contribution in [0.4, 0.5) is 0 Å². The molecule has 1 aliphatic rings. The number of nitrogens with zero attached hydrogens (tertiary/aromatic N) is 3. The minimum absolute atomic E-state index is 0.0332. The number of hydrogen-bond acceptors (Lipinski definition) is 5. The first-order valence-corrected chi connectivity index (χ1v) is 8.50. The molecule has 2 aromatic rings. The van der Waals surface area contributed by atoms with E-state index in [0.29, 0.717) is 12.5 Å². The van der Waals surface area contributed by atoms with Gasteiger partial charge in [0.25, 0.3) is 5.91 Å². The maximum absolute atomic E-state index is 12.4. The Morgan fingerprint density at radius 1 is 1.20 bits per heavy atom. The van der Waals surface area contributed by atoms with Crippen LogP contribution in [0.25, 0.3) is 0 Å². The summed E-state index contributed by atoms with van der Waals surface area (Å²) in [4.78, 5) is 22.1. The number of methoxy groups -OCH3 is 1. The van der Waals surface area contributed by atoms with Gasteiger partial charge >= 0.3 is 6.01 Å². The van der Waals surface area contributed by atoms with Crippen LogP contribution < -0.4 is 4.74 Å². The predicted octanol–water partition coefficient (Wildman–Crippen LogP) is 1.96. The molecule has 0 aliphatic carbocycles. The monoisotopic (exact) mass is 341 g/mol. The fourth-order valence-corrected chi connectivity index (χ4v) is 3.19. The molecule has 1 saturated heterocycles. The molecule has 6 heteroatoms. The van der Waals surface area contributed by atoms with Gasteiger partial charge in [-0.15, -0.1) is 0 Å². The van der Waals surface area contributed by atoms with E-state index in [4.69, 9.17) is 9.47 Å². The number of piperidine rings is 1. The zero-order valence-electron chi connectivity index (χ0n) is 14.4. The van der Waals surface area contributed by atoms with Gasteiger partial charge in [0.15, 0.2) is 6.61 Å². The molecular formula is C19H23N3O3. The molecule has 0 saturated carbocycles. The smallest absolute Gasteiger partial charge is 0.316 e. The van der Waals surface area contributed by atoms with Crippen LogP contribution in [0.2, 0.25) is 0 Å². The van der Waals surface area contributed by atoms with Crippen molar-refractivity contribution in [3.8, 4) is 6.01 Å². The summed E-state index contributed by atoms with van der Waals surface area (Å²) in [5.74, 6) is 0.350. The number of aromatic nitrogens is 2. The number of ether oxygens (including phenoxy) is 2. The van der Waals surface area contributed by atoms with Crippen LogP contribution in [0.1, 0.15) is 12.0 Å². The Kier molecular flexibility index (Phi) is 5.95. The summed E-state index contributed by atoms with van der Waals surface area (Å²) < 4.78 is 11.0. The van der Waals surface area contributed by atoms with Gasteiger partial charge in [0, 0.05) is 32.6 Å². The lowest BCUT2D eigenvalue weighted by Gasteiger charge is -2.37. The second-order valence-corrected chi connectivity index (χ2v) is 6.17. The minimum atomic E-state index is -0.0623. The Morgan fingerprint density at radius 2 is 1.96 bits per heavy atom. The van der Waals surface area contributed by atoms with E-state index in [0.717, 1.165) is 19.4 Å². The molecule has 2 heterocycles. The zero-order valence-corrected chi connectivity index (χ0v) is 14.4. The number of likely N-dealkylation sites (tertiary alicyclic amines) is 1. The molecule has 0 unspecified atom stereocenters. The highest BCUT2D eigenvalue weighted by atomic mass is 16.5. The van der Waals surface area contributed by atoms with Gasteiger partial charge in [-0.1, -0.05) is 30.3 Å². The first kappa shape index (κ1) is 17.4. The van der Waals surface area contributed by atoms with E-state index >= 15 is 0 Å². The van der Waals surface area contributed by atoms with Crippen LogP contribution in [0.5, 0.6) is 6.01 Å². The van der Waals surface area contributed by atoms with Crippen molar-refractivity contribution in [1.82, 2.24) is 14.9 Å². The Bertz CT molecular complexity index is 666. The van der Waals surface area contributed by atoms with Crippen LogP contribution in [-0.2, 0) is 16.0 Å². The van der Waals surface area contributed by atoms with Crippen LogP contribution in [0.3, 0.4) is 0 Å². The van der Waals surface area contributed by atoms with Gasteiger partial charge in [-0.25, -0.2) is 9.97 Å². The molecule has 25 heavy (non-hydrogen) atoms. The number of carbonyl (C=O) groups is 1. The van der Waals surface area contributed by atoms with Crippen molar-refractivity contribution in [2.75, 3.05) is 26.8 Å². The number of hydrogen-bond donors (Lipinski definition) is 0. The Hall–Kier alpha value is -2.47. The number of carbonyl (C=O) groups excluding carboxylic acids is 1. The van der Waals surface area contributed by atoms with Crippen molar-refractivity contribution in [2.45, 2.75) is 18.9 Å². The van der Waals surface area contributed by atoms with Gasteiger partial charge in [-0.05, 0) is 30.4 Å². The van der Waals surface area contributed by atoms with E-state index in [1.807, 2.05) is 6.07 Å². The quantitative estimate of drug-likeness (QED) is 0.804. The number of amides is 1. The first-order chi connectivity index (χ1) is 12.3. The zero-order chi connectivity index (χ0) is 17.5. The van der Waals surface area contributed by atoms with Crippen molar-refractivity contribution < 1.29 is 14.3 Å². The Balaban J connectivity index is 1.53. The molecular weight excluding hydrogens is 318 g/mol. The third-order valence-electron chi connectivity index (χ3n) is 4.56. The fraction of sp³-hybridized carbons (Fsp3) is 0.421. The standard InChI is InChI=1S/C19H23N3O3/c1-24-17-13-22(18(23)14-25-19-20-9-5-10-21-19)11-8-16(17)12-15-6-3-2-4-7-15/h2-7,9-10,16-17H,8,11-14H2,1H3/t16-,17+/m1/s1. The Labute approximate surface area is 147 Å². The van der Waals surface area contributed by atoms with Gasteiger partial charge in [-0.2, -0.15) is 0 Å². The predicted molar refractivity (Wildman–Crippen MR) is 93.2 cm³/mol. The van der Waals surface area contributed by atoms with E-state index in [1.54, 1.807) is 30.5 Å². The van der Waals surface area contributed by atoms with E-state index in [2.05, 4.69) is 34.2 Å².